The minimum atomic E-state index is -0.896. The first-order valence-electron chi connectivity index (χ1n) is 6.32. The van der Waals surface area contributed by atoms with Crippen molar-refractivity contribution in [3.05, 3.63) is 39.1 Å². The number of nitrogens with zero attached hydrogens (tertiary/aromatic N) is 2. The summed E-state index contributed by atoms with van der Waals surface area (Å²) >= 11 is 2.19. The van der Waals surface area contributed by atoms with Crippen LogP contribution < -0.4 is 5.32 Å². The Balaban J connectivity index is 2.55. The van der Waals surface area contributed by atoms with Gasteiger partial charge in [-0.05, 0) is 54.1 Å². The summed E-state index contributed by atoms with van der Waals surface area (Å²) in [5, 5.41) is 3.16. The summed E-state index contributed by atoms with van der Waals surface area (Å²) in [5.41, 5.74) is 1.35. The predicted molar refractivity (Wildman–Crippen MR) is 83.6 cm³/mol. The van der Waals surface area contributed by atoms with Gasteiger partial charge in [0.1, 0.15) is 5.82 Å². The highest BCUT2D eigenvalue weighted by Gasteiger charge is 2.13. The smallest absolute Gasteiger partial charge is 0.161 e. The van der Waals surface area contributed by atoms with Crippen molar-refractivity contribution in [2.45, 2.75) is 20.3 Å². The number of anilines is 1. The largest absolute Gasteiger partial charge is 0.369 e. The van der Waals surface area contributed by atoms with Crippen LogP contribution in [0.4, 0.5) is 14.6 Å². The SMILES string of the molecule is CCNc1nc(-c2ccc(F)c(F)c2)nc(CC)c1I. The van der Waals surface area contributed by atoms with Gasteiger partial charge in [-0.25, -0.2) is 18.7 Å². The van der Waals surface area contributed by atoms with Crippen molar-refractivity contribution in [1.29, 1.82) is 0 Å². The van der Waals surface area contributed by atoms with Gasteiger partial charge in [-0.2, -0.15) is 0 Å². The van der Waals surface area contributed by atoms with Crippen LogP contribution in [-0.4, -0.2) is 16.5 Å². The molecule has 1 aromatic heterocycles. The Kier molecular flexibility index (Phi) is 4.85. The molecule has 6 heteroatoms. The van der Waals surface area contributed by atoms with Crippen molar-refractivity contribution in [2.24, 2.45) is 0 Å². The van der Waals surface area contributed by atoms with Crippen molar-refractivity contribution in [2.75, 3.05) is 11.9 Å². The number of hydrogen-bond acceptors (Lipinski definition) is 3. The van der Waals surface area contributed by atoms with Crippen LogP contribution in [0.1, 0.15) is 19.5 Å². The fourth-order valence-corrected chi connectivity index (χ4v) is 2.59. The first-order chi connectivity index (χ1) is 9.56. The Bertz CT molecular complexity index is 632. The second-order valence-electron chi connectivity index (χ2n) is 4.17. The van der Waals surface area contributed by atoms with Crippen molar-refractivity contribution in [1.82, 2.24) is 9.97 Å². The molecule has 2 aromatic rings. The number of hydrogen-bond donors (Lipinski definition) is 1. The van der Waals surface area contributed by atoms with Crippen LogP contribution in [0.3, 0.4) is 0 Å². The molecule has 0 fully saturated rings. The van der Waals surface area contributed by atoms with E-state index in [0.717, 1.165) is 40.2 Å². The summed E-state index contributed by atoms with van der Waals surface area (Å²) in [5.74, 6) is -0.647. The van der Waals surface area contributed by atoms with Gasteiger partial charge in [-0.3, -0.25) is 0 Å². The Hall–Kier alpha value is -1.31. The monoisotopic (exact) mass is 389 g/mol. The lowest BCUT2D eigenvalue weighted by Gasteiger charge is -2.11. The van der Waals surface area contributed by atoms with Crippen molar-refractivity contribution in [3.63, 3.8) is 0 Å². The fraction of sp³-hybridized carbons (Fsp3) is 0.286. The number of benzene rings is 1. The van der Waals surface area contributed by atoms with Crippen LogP contribution in [0.15, 0.2) is 18.2 Å². The Morgan fingerprint density at radius 2 is 1.90 bits per heavy atom. The number of aryl methyl sites for hydroxylation is 1. The third-order valence-electron chi connectivity index (χ3n) is 2.78. The normalized spacial score (nSPS) is 10.7. The first kappa shape index (κ1) is 15.1. The summed E-state index contributed by atoms with van der Waals surface area (Å²) < 4.78 is 27.3. The van der Waals surface area contributed by atoms with Crippen LogP contribution in [0.5, 0.6) is 0 Å². The van der Waals surface area contributed by atoms with Crippen molar-refractivity contribution < 1.29 is 8.78 Å². The van der Waals surface area contributed by atoms with E-state index in [1.54, 1.807) is 0 Å². The van der Waals surface area contributed by atoms with E-state index in [1.165, 1.54) is 6.07 Å². The molecule has 106 valence electrons. The zero-order chi connectivity index (χ0) is 14.7. The number of nitrogens with one attached hydrogen (secondary N) is 1. The maximum Gasteiger partial charge on any atom is 0.161 e. The van der Waals surface area contributed by atoms with Crippen LogP contribution in [-0.2, 0) is 6.42 Å². The molecule has 0 saturated carbocycles. The van der Waals surface area contributed by atoms with Gasteiger partial charge in [0.25, 0.3) is 0 Å². The molecule has 3 nitrogen and oxygen atoms in total. The van der Waals surface area contributed by atoms with E-state index in [1.807, 2.05) is 13.8 Å². The highest BCUT2D eigenvalue weighted by molar-refractivity contribution is 14.1. The van der Waals surface area contributed by atoms with Gasteiger partial charge in [0, 0.05) is 12.1 Å². The standard InChI is InChI=1S/C14H14F2IN3/c1-3-11-12(17)14(18-4-2)20-13(19-11)8-5-6-9(15)10(16)7-8/h5-7H,3-4H2,1-2H3,(H,18,19,20). The highest BCUT2D eigenvalue weighted by Crippen LogP contribution is 2.25. The topological polar surface area (TPSA) is 37.8 Å². The van der Waals surface area contributed by atoms with Gasteiger partial charge in [0.15, 0.2) is 17.5 Å². The van der Waals surface area contributed by atoms with E-state index >= 15 is 0 Å². The molecule has 0 spiro atoms. The van der Waals surface area contributed by atoms with Gasteiger partial charge in [-0.15, -0.1) is 0 Å². The average Bonchev–Trinajstić information content (AvgIpc) is 2.44. The number of aromatic nitrogens is 2. The molecule has 0 bridgehead atoms. The van der Waals surface area contributed by atoms with Crippen LogP contribution in [0.2, 0.25) is 0 Å². The number of halogens is 3. The van der Waals surface area contributed by atoms with Gasteiger partial charge >= 0.3 is 0 Å². The van der Waals surface area contributed by atoms with E-state index < -0.39 is 11.6 Å². The minimum absolute atomic E-state index is 0.400. The molecule has 0 amide bonds. The van der Waals surface area contributed by atoms with Crippen LogP contribution in [0, 0.1) is 15.2 Å². The molecule has 0 aliphatic rings. The zero-order valence-corrected chi connectivity index (χ0v) is 13.3. The quantitative estimate of drug-likeness (QED) is 0.803. The summed E-state index contributed by atoms with van der Waals surface area (Å²) in [6, 6.07) is 3.69. The third kappa shape index (κ3) is 3.05. The lowest BCUT2D eigenvalue weighted by atomic mass is 10.2. The van der Waals surface area contributed by atoms with E-state index in [2.05, 4.69) is 37.9 Å². The molecule has 0 saturated heterocycles. The summed E-state index contributed by atoms with van der Waals surface area (Å²) in [4.78, 5) is 8.82. The first-order valence-corrected chi connectivity index (χ1v) is 7.40. The molecule has 0 radical (unpaired) electrons. The van der Waals surface area contributed by atoms with Gasteiger partial charge in [-0.1, -0.05) is 6.92 Å². The molecule has 1 heterocycles. The summed E-state index contributed by atoms with van der Waals surface area (Å²) in [6.45, 7) is 4.70. The zero-order valence-electron chi connectivity index (χ0n) is 11.2. The second-order valence-corrected chi connectivity index (χ2v) is 5.25. The molecular weight excluding hydrogens is 375 g/mol. The lowest BCUT2D eigenvalue weighted by Crippen LogP contribution is -2.07. The Labute approximate surface area is 130 Å². The number of rotatable bonds is 4. The predicted octanol–water partition coefficient (Wildman–Crippen LogP) is 4.02. The second kappa shape index (κ2) is 6.43. The molecule has 0 aliphatic carbocycles. The summed E-state index contributed by atoms with van der Waals surface area (Å²) in [6.07, 6.45) is 0.746. The maximum atomic E-state index is 13.3. The van der Waals surface area contributed by atoms with E-state index in [4.69, 9.17) is 0 Å². The molecule has 20 heavy (non-hydrogen) atoms. The molecular formula is C14H14F2IN3. The van der Waals surface area contributed by atoms with Gasteiger partial charge in [0.2, 0.25) is 0 Å². The van der Waals surface area contributed by atoms with Crippen LogP contribution >= 0.6 is 22.6 Å². The minimum Gasteiger partial charge on any atom is -0.369 e. The Morgan fingerprint density at radius 1 is 1.15 bits per heavy atom. The van der Waals surface area contributed by atoms with E-state index in [-0.39, 0.29) is 0 Å². The van der Waals surface area contributed by atoms with E-state index in [9.17, 15) is 8.78 Å². The molecule has 1 aromatic carbocycles. The molecule has 2 rings (SSSR count). The molecule has 0 atom stereocenters. The van der Waals surface area contributed by atoms with Crippen molar-refractivity contribution in [3.8, 4) is 11.4 Å². The van der Waals surface area contributed by atoms with Gasteiger partial charge < -0.3 is 5.32 Å². The molecule has 0 unspecified atom stereocenters. The maximum absolute atomic E-state index is 13.3. The lowest BCUT2D eigenvalue weighted by molar-refractivity contribution is 0.509. The average molecular weight is 389 g/mol. The van der Waals surface area contributed by atoms with Crippen LogP contribution in [0.25, 0.3) is 11.4 Å². The third-order valence-corrected chi connectivity index (χ3v) is 3.91. The van der Waals surface area contributed by atoms with E-state index in [0.29, 0.717) is 11.4 Å². The highest BCUT2D eigenvalue weighted by atomic mass is 127. The summed E-state index contributed by atoms with van der Waals surface area (Å²) in [7, 11) is 0. The van der Waals surface area contributed by atoms with Gasteiger partial charge in [0.05, 0.1) is 9.26 Å². The molecule has 0 aliphatic heterocycles. The Morgan fingerprint density at radius 3 is 2.50 bits per heavy atom. The van der Waals surface area contributed by atoms with Crippen molar-refractivity contribution >= 4 is 28.4 Å². The fourth-order valence-electron chi connectivity index (χ4n) is 1.78. The molecule has 1 N–H and O–H groups in total.